The average Bonchev–Trinajstić information content (AvgIpc) is 3.39. The number of guanidine groups is 1. The van der Waals surface area contributed by atoms with Crippen molar-refractivity contribution in [2.75, 3.05) is 19.6 Å². The van der Waals surface area contributed by atoms with Gasteiger partial charge in [-0.3, -0.25) is 4.79 Å². The molecule has 1 fully saturated rings. The molecule has 0 spiro atoms. The lowest BCUT2D eigenvalue weighted by Crippen LogP contribution is -2.38. The number of aromatic nitrogens is 1. The van der Waals surface area contributed by atoms with Crippen LogP contribution in [0.1, 0.15) is 36.5 Å². The first kappa shape index (κ1) is 24.1. The molecule has 1 aliphatic heterocycles. The molecule has 3 N–H and O–H groups in total. The molecule has 170 valence electrons. The van der Waals surface area contributed by atoms with Gasteiger partial charge in [0.2, 0.25) is 5.91 Å². The molecular formula is C25H32IN5O. The SMILES string of the molecule is CCNC(=NCc1ccccc1CN1CCCC1=O)NCCc1c[nH]c2ccccc12.I. The Bertz CT molecular complexity index is 1060. The first-order valence-corrected chi connectivity index (χ1v) is 11.2. The van der Waals surface area contributed by atoms with E-state index in [1.807, 2.05) is 23.1 Å². The molecule has 0 unspecified atom stereocenters. The van der Waals surface area contributed by atoms with Gasteiger partial charge in [-0.05, 0) is 42.5 Å². The number of hydrogen-bond donors (Lipinski definition) is 3. The molecule has 2 heterocycles. The quantitative estimate of drug-likeness (QED) is 0.226. The van der Waals surface area contributed by atoms with Crippen LogP contribution in [-0.2, 0) is 24.3 Å². The third-order valence-electron chi connectivity index (χ3n) is 5.76. The minimum Gasteiger partial charge on any atom is -0.361 e. The Morgan fingerprint density at radius 3 is 2.62 bits per heavy atom. The minimum absolute atomic E-state index is 0. The molecule has 0 aliphatic carbocycles. The van der Waals surface area contributed by atoms with Crippen LogP contribution in [0.25, 0.3) is 10.9 Å². The zero-order chi connectivity index (χ0) is 21.5. The highest BCUT2D eigenvalue weighted by Gasteiger charge is 2.20. The molecule has 0 radical (unpaired) electrons. The van der Waals surface area contributed by atoms with Gasteiger partial charge in [-0.15, -0.1) is 24.0 Å². The van der Waals surface area contributed by atoms with Crippen LogP contribution in [0, 0.1) is 0 Å². The lowest BCUT2D eigenvalue weighted by molar-refractivity contribution is -0.128. The number of hydrogen-bond acceptors (Lipinski definition) is 2. The zero-order valence-corrected chi connectivity index (χ0v) is 20.9. The van der Waals surface area contributed by atoms with Gasteiger partial charge in [0.15, 0.2) is 5.96 Å². The molecule has 1 saturated heterocycles. The van der Waals surface area contributed by atoms with Crippen LogP contribution in [-0.4, -0.2) is 41.4 Å². The van der Waals surface area contributed by atoms with Gasteiger partial charge in [0, 0.05) is 49.7 Å². The minimum atomic E-state index is 0. The summed E-state index contributed by atoms with van der Waals surface area (Å²) < 4.78 is 0. The maximum absolute atomic E-state index is 12.0. The van der Waals surface area contributed by atoms with Gasteiger partial charge in [-0.2, -0.15) is 0 Å². The van der Waals surface area contributed by atoms with Gasteiger partial charge in [-0.25, -0.2) is 4.99 Å². The monoisotopic (exact) mass is 545 g/mol. The molecule has 32 heavy (non-hydrogen) atoms. The first-order valence-electron chi connectivity index (χ1n) is 11.2. The number of carbonyl (C=O) groups excluding carboxylic acids is 1. The Kier molecular flexibility index (Phi) is 8.96. The van der Waals surface area contributed by atoms with E-state index in [0.29, 0.717) is 19.5 Å². The number of halogens is 1. The van der Waals surface area contributed by atoms with Crippen molar-refractivity contribution >= 4 is 46.7 Å². The van der Waals surface area contributed by atoms with Crippen molar-refractivity contribution in [3.63, 3.8) is 0 Å². The number of para-hydroxylation sites is 1. The summed E-state index contributed by atoms with van der Waals surface area (Å²) in [4.78, 5) is 22.1. The topological polar surface area (TPSA) is 72.5 Å². The van der Waals surface area contributed by atoms with Crippen molar-refractivity contribution in [1.82, 2.24) is 20.5 Å². The summed E-state index contributed by atoms with van der Waals surface area (Å²) in [6.45, 7) is 5.80. The van der Waals surface area contributed by atoms with Crippen LogP contribution in [0.4, 0.5) is 0 Å². The van der Waals surface area contributed by atoms with Crippen LogP contribution in [0.2, 0.25) is 0 Å². The van der Waals surface area contributed by atoms with E-state index in [2.05, 4.69) is 59.1 Å². The van der Waals surface area contributed by atoms with E-state index in [-0.39, 0.29) is 29.9 Å². The Balaban J connectivity index is 0.00000289. The predicted molar refractivity (Wildman–Crippen MR) is 141 cm³/mol. The second-order valence-electron chi connectivity index (χ2n) is 7.92. The second kappa shape index (κ2) is 11.9. The van der Waals surface area contributed by atoms with E-state index in [9.17, 15) is 4.79 Å². The Morgan fingerprint density at radius 2 is 1.84 bits per heavy atom. The van der Waals surface area contributed by atoms with E-state index in [1.54, 1.807) is 0 Å². The number of H-pyrrole nitrogens is 1. The highest BCUT2D eigenvalue weighted by Crippen LogP contribution is 2.19. The van der Waals surface area contributed by atoms with Crippen molar-refractivity contribution in [2.45, 2.75) is 39.3 Å². The average molecular weight is 545 g/mol. The summed E-state index contributed by atoms with van der Waals surface area (Å²) in [7, 11) is 0. The number of aromatic amines is 1. The van der Waals surface area contributed by atoms with Gasteiger partial charge in [0.1, 0.15) is 0 Å². The fourth-order valence-corrected chi connectivity index (χ4v) is 4.10. The Hall–Kier alpha value is -2.55. The van der Waals surface area contributed by atoms with Crippen molar-refractivity contribution in [1.29, 1.82) is 0 Å². The van der Waals surface area contributed by atoms with Gasteiger partial charge >= 0.3 is 0 Å². The fourth-order valence-electron chi connectivity index (χ4n) is 4.10. The number of benzene rings is 2. The zero-order valence-electron chi connectivity index (χ0n) is 18.6. The van der Waals surface area contributed by atoms with E-state index in [4.69, 9.17) is 4.99 Å². The van der Waals surface area contributed by atoms with E-state index >= 15 is 0 Å². The van der Waals surface area contributed by atoms with Crippen LogP contribution in [0.15, 0.2) is 59.7 Å². The molecule has 1 amide bonds. The number of aliphatic imine (C=N–C) groups is 1. The lowest BCUT2D eigenvalue weighted by atomic mass is 10.1. The molecular weight excluding hydrogens is 513 g/mol. The number of nitrogens with zero attached hydrogens (tertiary/aromatic N) is 2. The summed E-state index contributed by atoms with van der Waals surface area (Å²) in [6.07, 6.45) is 4.64. The number of nitrogens with one attached hydrogen (secondary N) is 3. The summed E-state index contributed by atoms with van der Waals surface area (Å²) >= 11 is 0. The molecule has 0 saturated carbocycles. The summed E-state index contributed by atoms with van der Waals surface area (Å²) in [5.74, 6) is 1.07. The van der Waals surface area contributed by atoms with Crippen molar-refractivity contribution < 1.29 is 4.79 Å². The first-order chi connectivity index (χ1) is 15.2. The highest BCUT2D eigenvalue weighted by atomic mass is 127. The molecule has 1 aliphatic rings. The molecule has 3 aromatic rings. The molecule has 1 aromatic heterocycles. The lowest BCUT2D eigenvalue weighted by Gasteiger charge is -2.18. The van der Waals surface area contributed by atoms with Crippen LogP contribution < -0.4 is 10.6 Å². The number of rotatable bonds is 8. The van der Waals surface area contributed by atoms with Crippen molar-refractivity contribution in [3.05, 3.63) is 71.4 Å². The van der Waals surface area contributed by atoms with Crippen LogP contribution in [0.3, 0.4) is 0 Å². The third-order valence-corrected chi connectivity index (χ3v) is 5.76. The number of fused-ring (bicyclic) bond motifs is 1. The largest absolute Gasteiger partial charge is 0.361 e. The highest BCUT2D eigenvalue weighted by molar-refractivity contribution is 14.0. The van der Waals surface area contributed by atoms with Crippen LogP contribution in [0.5, 0.6) is 0 Å². The fraction of sp³-hybridized carbons (Fsp3) is 0.360. The molecule has 0 bridgehead atoms. The van der Waals surface area contributed by atoms with Crippen LogP contribution >= 0.6 is 24.0 Å². The third kappa shape index (κ3) is 6.03. The smallest absolute Gasteiger partial charge is 0.222 e. The summed E-state index contributed by atoms with van der Waals surface area (Å²) in [5, 5.41) is 8.06. The van der Waals surface area contributed by atoms with E-state index in [1.165, 1.54) is 22.0 Å². The number of amides is 1. The number of carbonyl (C=O) groups is 1. The predicted octanol–water partition coefficient (Wildman–Crippen LogP) is 4.21. The molecule has 6 nitrogen and oxygen atoms in total. The molecule has 2 aromatic carbocycles. The number of likely N-dealkylation sites (tertiary alicyclic amines) is 1. The normalized spacial score (nSPS) is 14.0. The van der Waals surface area contributed by atoms with Gasteiger partial charge in [0.25, 0.3) is 0 Å². The van der Waals surface area contributed by atoms with Gasteiger partial charge in [-0.1, -0.05) is 42.5 Å². The van der Waals surface area contributed by atoms with Crippen molar-refractivity contribution in [3.8, 4) is 0 Å². The maximum Gasteiger partial charge on any atom is 0.222 e. The summed E-state index contributed by atoms with van der Waals surface area (Å²) in [5.41, 5.74) is 4.82. The maximum atomic E-state index is 12.0. The molecule has 4 rings (SSSR count). The van der Waals surface area contributed by atoms with E-state index < -0.39 is 0 Å². The second-order valence-corrected chi connectivity index (χ2v) is 7.92. The molecule has 7 heteroatoms. The Morgan fingerprint density at radius 1 is 1.06 bits per heavy atom. The van der Waals surface area contributed by atoms with Gasteiger partial charge < -0.3 is 20.5 Å². The van der Waals surface area contributed by atoms with Gasteiger partial charge in [0.05, 0.1) is 6.54 Å². The summed E-state index contributed by atoms with van der Waals surface area (Å²) in [6, 6.07) is 16.7. The van der Waals surface area contributed by atoms with Crippen molar-refractivity contribution in [2.24, 2.45) is 4.99 Å². The standard InChI is InChI=1S/C25H31N5O.HI/c1-2-26-25(27-14-13-20-17-28-23-11-6-5-10-22(20)23)29-16-19-8-3-4-9-21(19)18-30-15-7-12-24(30)31;/h3-6,8-11,17,28H,2,7,12-16,18H2,1H3,(H2,26,27,29);1H. The Labute approximate surface area is 206 Å². The molecule has 0 atom stereocenters. The van der Waals surface area contributed by atoms with E-state index in [0.717, 1.165) is 44.0 Å².